The van der Waals surface area contributed by atoms with Crippen molar-refractivity contribution in [2.75, 3.05) is 23.3 Å². The van der Waals surface area contributed by atoms with Crippen molar-refractivity contribution in [1.82, 2.24) is 0 Å². The fraction of sp³-hybridized carbons (Fsp3) is 0.350. The summed E-state index contributed by atoms with van der Waals surface area (Å²) < 4.78 is 5.70. The Morgan fingerprint density at radius 2 is 1.88 bits per heavy atom. The predicted molar refractivity (Wildman–Crippen MR) is 103 cm³/mol. The van der Waals surface area contributed by atoms with Crippen LogP contribution in [-0.2, 0) is 4.79 Å². The van der Waals surface area contributed by atoms with Gasteiger partial charge in [-0.15, -0.1) is 0 Å². The van der Waals surface area contributed by atoms with Crippen molar-refractivity contribution >= 4 is 28.9 Å². The summed E-state index contributed by atoms with van der Waals surface area (Å²) in [5.41, 5.74) is 1.90. The Bertz CT molecular complexity index is 729. The molecule has 1 aliphatic rings. The molecule has 132 valence electrons. The van der Waals surface area contributed by atoms with Crippen molar-refractivity contribution < 1.29 is 9.53 Å². The molecule has 0 radical (unpaired) electrons. The van der Waals surface area contributed by atoms with E-state index >= 15 is 0 Å². The van der Waals surface area contributed by atoms with Gasteiger partial charge < -0.3 is 15.0 Å². The number of hydrogen-bond donors (Lipinski definition) is 1. The molecule has 0 unspecified atom stereocenters. The summed E-state index contributed by atoms with van der Waals surface area (Å²) in [6.07, 6.45) is 3.04. The second kappa shape index (κ2) is 8.26. The third-order valence-electron chi connectivity index (χ3n) is 4.34. The van der Waals surface area contributed by atoms with Crippen LogP contribution in [0.15, 0.2) is 48.5 Å². The summed E-state index contributed by atoms with van der Waals surface area (Å²) >= 11 is 5.96. The van der Waals surface area contributed by atoms with Gasteiger partial charge in [-0.1, -0.05) is 29.8 Å². The van der Waals surface area contributed by atoms with Gasteiger partial charge in [-0.05, 0) is 56.5 Å². The highest BCUT2D eigenvalue weighted by atomic mass is 35.5. The molecular formula is C20H23ClN2O2. The Morgan fingerprint density at radius 1 is 1.12 bits per heavy atom. The molecule has 1 atom stereocenters. The van der Waals surface area contributed by atoms with E-state index in [0.717, 1.165) is 24.5 Å². The molecule has 1 saturated heterocycles. The number of halogens is 1. The van der Waals surface area contributed by atoms with Crippen molar-refractivity contribution in [1.29, 1.82) is 0 Å². The Balaban J connectivity index is 1.68. The first-order valence-electron chi connectivity index (χ1n) is 8.70. The zero-order valence-electron chi connectivity index (χ0n) is 14.4. The second-order valence-electron chi connectivity index (χ2n) is 6.27. The largest absolute Gasteiger partial charge is 0.481 e. The van der Waals surface area contributed by atoms with Gasteiger partial charge in [0.15, 0.2) is 6.10 Å². The van der Waals surface area contributed by atoms with Gasteiger partial charge in [-0.3, -0.25) is 4.79 Å². The molecule has 1 N–H and O–H groups in total. The van der Waals surface area contributed by atoms with E-state index in [2.05, 4.69) is 16.3 Å². The third-order valence-corrected chi connectivity index (χ3v) is 4.57. The summed E-state index contributed by atoms with van der Waals surface area (Å²) in [6, 6.07) is 15.0. The number of ether oxygens (including phenoxy) is 1. The maximum atomic E-state index is 12.5. The number of carbonyl (C=O) groups excluding carboxylic acids is 1. The number of nitrogens with one attached hydrogen (secondary N) is 1. The molecule has 2 aromatic carbocycles. The van der Waals surface area contributed by atoms with Crippen LogP contribution in [0, 0.1) is 0 Å². The minimum atomic E-state index is -0.618. The number of rotatable bonds is 5. The first kappa shape index (κ1) is 17.6. The van der Waals surface area contributed by atoms with Crippen molar-refractivity contribution in [2.24, 2.45) is 0 Å². The Morgan fingerprint density at radius 3 is 2.64 bits per heavy atom. The van der Waals surface area contributed by atoms with Crippen molar-refractivity contribution in [3.8, 4) is 5.75 Å². The zero-order chi connectivity index (χ0) is 17.6. The molecule has 25 heavy (non-hydrogen) atoms. The van der Waals surface area contributed by atoms with E-state index in [0.29, 0.717) is 10.8 Å². The minimum Gasteiger partial charge on any atom is -0.481 e. The topological polar surface area (TPSA) is 41.6 Å². The molecule has 5 heteroatoms. The van der Waals surface area contributed by atoms with Gasteiger partial charge in [0.2, 0.25) is 0 Å². The number of carbonyl (C=O) groups is 1. The van der Waals surface area contributed by atoms with Crippen LogP contribution in [-0.4, -0.2) is 25.1 Å². The van der Waals surface area contributed by atoms with Crippen molar-refractivity contribution in [3.05, 3.63) is 53.6 Å². The lowest BCUT2D eigenvalue weighted by Gasteiger charge is -2.30. The van der Waals surface area contributed by atoms with Gasteiger partial charge in [-0.2, -0.15) is 0 Å². The number of hydrogen-bond acceptors (Lipinski definition) is 3. The molecule has 0 aromatic heterocycles. The van der Waals surface area contributed by atoms with Gasteiger partial charge in [-0.25, -0.2) is 0 Å². The SMILES string of the molecule is C[C@@H](Oc1cccc(Cl)c1)C(=O)Nc1ccccc1N1CCCCC1. The van der Waals surface area contributed by atoms with Crippen molar-refractivity contribution in [2.45, 2.75) is 32.3 Å². The number of benzene rings is 2. The van der Waals surface area contributed by atoms with Gasteiger partial charge >= 0.3 is 0 Å². The standard InChI is InChI=1S/C20H23ClN2O2/c1-15(25-17-9-7-8-16(21)14-17)20(24)22-18-10-3-4-11-19(18)23-12-5-2-6-13-23/h3-4,7-11,14-15H,2,5-6,12-13H2,1H3,(H,22,24)/t15-/m1/s1. The molecule has 0 saturated carbocycles. The molecule has 1 aliphatic heterocycles. The Hall–Kier alpha value is -2.20. The summed E-state index contributed by atoms with van der Waals surface area (Å²) in [7, 11) is 0. The Kier molecular flexibility index (Phi) is 5.82. The lowest BCUT2D eigenvalue weighted by Crippen LogP contribution is -2.33. The molecule has 2 aromatic rings. The number of anilines is 2. The molecular weight excluding hydrogens is 336 g/mol. The summed E-state index contributed by atoms with van der Waals surface area (Å²) in [5.74, 6) is 0.406. The van der Waals surface area contributed by atoms with E-state index in [1.807, 2.05) is 18.2 Å². The number of amides is 1. The predicted octanol–water partition coefficient (Wildman–Crippen LogP) is 4.74. The second-order valence-corrected chi connectivity index (χ2v) is 6.71. The molecule has 0 spiro atoms. The van der Waals surface area contributed by atoms with Gasteiger partial charge in [0.25, 0.3) is 5.91 Å². The van der Waals surface area contributed by atoms with Crippen LogP contribution in [0.3, 0.4) is 0 Å². The monoisotopic (exact) mass is 358 g/mol. The minimum absolute atomic E-state index is 0.176. The highest BCUT2D eigenvalue weighted by Crippen LogP contribution is 2.28. The van der Waals surface area contributed by atoms with E-state index in [1.54, 1.807) is 31.2 Å². The van der Waals surface area contributed by atoms with Crippen LogP contribution < -0.4 is 15.0 Å². The first-order chi connectivity index (χ1) is 12.1. The summed E-state index contributed by atoms with van der Waals surface area (Å²) in [4.78, 5) is 14.9. The average molecular weight is 359 g/mol. The van der Waals surface area contributed by atoms with Crippen LogP contribution >= 0.6 is 11.6 Å². The summed E-state index contributed by atoms with van der Waals surface area (Å²) in [5, 5.41) is 3.59. The maximum Gasteiger partial charge on any atom is 0.265 e. The van der Waals surface area contributed by atoms with E-state index in [4.69, 9.17) is 16.3 Å². The van der Waals surface area contributed by atoms with E-state index in [-0.39, 0.29) is 5.91 Å². The number of nitrogens with zero attached hydrogens (tertiary/aromatic N) is 1. The molecule has 1 amide bonds. The number of piperidine rings is 1. The lowest BCUT2D eigenvalue weighted by molar-refractivity contribution is -0.122. The fourth-order valence-electron chi connectivity index (χ4n) is 3.02. The molecule has 0 bridgehead atoms. The third kappa shape index (κ3) is 4.67. The normalized spacial score (nSPS) is 15.5. The van der Waals surface area contributed by atoms with Crippen LogP contribution in [0.5, 0.6) is 5.75 Å². The van der Waals surface area contributed by atoms with Gasteiger partial charge in [0, 0.05) is 18.1 Å². The van der Waals surface area contributed by atoms with E-state index < -0.39 is 6.10 Å². The van der Waals surface area contributed by atoms with Crippen LogP contribution in [0.4, 0.5) is 11.4 Å². The molecule has 4 nitrogen and oxygen atoms in total. The number of para-hydroxylation sites is 2. The highest BCUT2D eigenvalue weighted by Gasteiger charge is 2.19. The fourth-order valence-corrected chi connectivity index (χ4v) is 3.20. The van der Waals surface area contributed by atoms with Crippen LogP contribution in [0.1, 0.15) is 26.2 Å². The lowest BCUT2D eigenvalue weighted by atomic mass is 10.1. The quantitative estimate of drug-likeness (QED) is 0.839. The van der Waals surface area contributed by atoms with Gasteiger partial charge in [0.05, 0.1) is 11.4 Å². The molecule has 3 rings (SSSR count). The highest BCUT2D eigenvalue weighted by molar-refractivity contribution is 6.30. The van der Waals surface area contributed by atoms with E-state index in [9.17, 15) is 4.79 Å². The molecule has 1 heterocycles. The average Bonchev–Trinajstić information content (AvgIpc) is 2.63. The van der Waals surface area contributed by atoms with E-state index in [1.165, 1.54) is 19.3 Å². The smallest absolute Gasteiger partial charge is 0.265 e. The molecule has 1 fully saturated rings. The van der Waals surface area contributed by atoms with Gasteiger partial charge in [0.1, 0.15) is 5.75 Å². The van der Waals surface area contributed by atoms with Crippen LogP contribution in [0.2, 0.25) is 5.02 Å². The molecule has 0 aliphatic carbocycles. The zero-order valence-corrected chi connectivity index (χ0v) is 15.1. The summed E-state index contributed by atoms with van der Waals surface area (Å²) in [6.45, 7) is 3.79. The van der Waals surface area contributed by atoms with Crippen molar-refractivity contribution in [3.63, 3.8) is 0 Å². The maximum absolute atomic E-state index is 12.5. The van der Waals surface area contributed by atoms with Crippen LogP contribution in [0.25, 0.3) is 0 Å². The first-order valence-corrected chi connectivity index (χ1v) is 9.08. The Labute approximate surface area is 153 Å².